The minimum atomic E-state index is -3.49. The molecule has 0 aliphatic carbocycles. The molecule has 0 radical (unpaired) electrons. The zero-order valence-corrected chi connectivity index (χ0v) is 12.9. The largest absolute Gasteiger partial charge is 0.497 e. The van der Waals surface area contributed by atoms with Gasteiger partial charge in [-0.1, -0.05) is 0 Å². The molecule has 1 rings (SSSR count). The summed E-state index contributed by atoms with van der Waals surface area (Å²) in [4.78, 5) is 0.120. The molecule has 20 heavy (non-hydrogen) atoms. The lowest BCUT2D eigenvalue weighted by atomic mass is 10.3. The zero-order valence-electron chi connectivity index (χ0n) is 12.1. The Bertz CT molecular complexity index is 526. The Morgan fingerprint density at radius 3 is 2.40 bits per heavy atom. The summed E-state index contributed by atoms with van der Waals surface area (Å²) in [6, 6.07) is 4.58. The van der Waals surface area contributed by atoms with Crippen molar-refractivity contribution in [2.24, 2.45) is 0 Å². The molecule has 0 spiro atoms. The first-order valence-electron chi connectivity index (χ1n) is 6.03. The van der Waals surface area contributed by atoms with Gasteiger partial charge in [-0.2, -0.15) is 0 Å². The molecular weight excluding hydrogens is 284 g/mol. The smallest absolute Gasteiger partial charge is 0.184 e. The Kier molecular flexibility index (Phi) is 6.25. The van der Waals surface area contributed by atoms with Crippen molar-refractivity contribution in [3.05, 3.63) is 18.2 Å². The van der Waals surface area contributed by atoms with Crippen molar-refractivity contribution < 1.29 is 27.4 Å². The van der Waals surface area contributed by atoms with E-state index in [0.717, 1.165) is 0 Å². The zero-order chi connectivity index (χ0) is 15.2. The second-order valence-corrected chi connectivity index (χ2v) is 6.09. The normalized spacial score (nSPS) is 13.0. The van der Waals surface area contributed by atoms with E-state index in [1.807, 2.05) is 0 Å². The van der Waals surface area contributed by atoms with Crippen LogP contribution in [0.25, 0.3) is 0 Å². The van der Waals surface area contributed by atoms with Crippen molar-refractivity contribution >= 4 is 9.84 Å². The van der Waals surface area contributed by atoms with E-state index in [1.165, 1.54) is 33.5 Å². The molecule has 7 heteroatoms. The molecule has 0 fully saturated rings. The molecule has 0 heterocycles. The second kappa shape index (κ2) is 7.47. The highest BCUT2D eigenvalue weighted by molar-refractivity contribution is 7.91. The van der Waals surface area contributed by atoms with Gasteiger partial charge in [0.05, 0.1) is 26.6 Å². The maximum absolute atomic E-state index is 12.2. The molecule has 6 nitrogen and oxygen atoms in total. The maximum atomic E-state index is 12.2. The predicted molar refractivity (Wildman–Crippen MR) is 74.0 cm³/mol. The first-order valence-corrected chi connectivity index (χ1v) is 7.69. The summed E-state index contributed by atoms with van der Waals surface area (Å²) in [5, 5.41) is 0. The fourth-order valence-electron chi connectivity index (χ4n) is 1.53. The van der Waals surface area contributed by atoms with Gasteiger partial charge < -0.3 is 18.9 Å². The lowest BCUT2D eigenvalue weighted by Gasteiger charge is -2.13. The third kappa shape index (κ3) is 4.36. The number of rotatable bonds is 8. The van der Waals surface area contributed by atoms with Crippen LogP contribution in [0.3, 0.4) is 0 Å². The molecular formula is C13H20O6S. The Balaban J connectivity index is 2.86. The Morgan fingerprint density at radius 1 is 1.15 bits per heavy atom. The van der Waals surface area contributed by atoms with Crippen LogP contribution < -0.4 is 9.47 Å². The number of methoxy groups -OCH3 is 3. The summed E-state index contributed by atoms with van der Waals surface area (Å²) < 4.78 is 44.7. The minimum Gasteiger partial charge on any atom is -0.497 e. The molecule has 0 N–H and O–H groups in total. The van der Waals surface area contributed by atoms with Crippen LogP contribution in [0, 0.1) is 0 Å². The molecule has 0 aliphatic rings. The molecule has 1 aromatic rings. The van der Waals surface area contributed by atoms with Crippen LogP contribution in [0.15, 0.2) is 23.1 Å². The van der Waals surface area contributed by atoms with Gasteiger partial charge in [-0.3, -0.25) is 0 Å². The van der Waals surface area contributed by atoms with Gasteiger partial charge in [0.15, 0.2) is 16.1 Å². The summed E-state index contributed by atoms with van der Waals surface area (Å²) in [5.74, 6) is 0.637. The van der Waals surface area contributed by atoms with Gasteiger partial charge in [-0.05, 0) is 19.1 Å². The van der Waals surface area contributed by atoms with Gasteiger partial charge in [-0.15, -0.1) is 0 Å². The van der Waals surface area contributed by atoms with Crippen LogP contribution in [0.4, 0.5) is 0 Å². The van der Waals surface area contributed by atoms with Gasteiger partial charge in [0.2, 0.25) is 0 Å². The molecule has 114 valence electrons. The standard InChI is InChI=1S/C13H20O6S/c1-10(16-2)19-7-8-20(14,15)13-6-5-11(17-3)9-12(13)18-4/h5-6,9-10H,7-8H2,1-4H3. The number of ether oxygens (including phenoxy) is 4. The molecule has 1 unspecified atom stereocenters. The molecule has 0 amide bonds. The number of benzene rings is 1. The summed E-state index contributed by atoms with van der Waals surface area (Å²) in [5.41, 5.74) is 0. The van der Waals surface area contributed by atoms with Crippen molar-refractivity contribution in [1.82, 2.24) is 0 Å². The van der Waals surface area contributed by atoms with Crippen LogP contribution >= 0.6 is 0 Å². The van der Waals surface area contributed by atoms with Crippen molar-refractivity contribution in [3.63, 3.8) is 0 Å². The van der Waals surface area contributed by atoms with E-state index in [0.29, 0.717) is 5.75 Å². The molecule has 0 aliphatic heterocycles. The molecule has 0 bridgehead atoms. The van der Waals surface area contributed by atoms with Crippen LogP contribution in [0.2, 0.25) is 0 Å². The van der Waals surface area contributed by atoms with Crippen molar-refractivity contribution in [3.8, 4) is 11.5 Å². The second-order valence-electron chi connectivity index (χ2n) is 4.01. The van der Waals surface area contributed by atoms with Gasteiger partial charge >= 0.3 is 0 Å². The highest BCUT2D eigenvalue weighted by Gasteiger charge is 2.20. The number of hydrogen-bond acceptors (Lipinski definition) is 6. The predicted octanol–water partition coefficient (Wildman–Crippen LogP) is 1.49. The van der Waals surface area contributed by atoms with Crippen LogP contribution in [0.5, 0.6) is 11.5 Å². The Morgan fingerprint density at radius 2 is 1.85 bits per heavy atom. The van der Waals surface area contributed by atoms with E-state index in [9.17, 15) is 8.42 Å². The fraction of sp³-hybridized carbons (Fsp3) is 0.538. The highest BCUT2D eigenvalue weighted by atomic mass is 32.2. The number of sulfone groups is 1. The van der Waals surface area contributed by atoms with Crippen LogP contribution in [-0.2, 0) is 19.3 Å². The third-order valence-electron chi connectivity index (χ3n) is 2.74. The van der Waals surface area contributed by atoms with E-state index in [-0.39, 0.29) is 23.0 Å². The monoisotopic (exact) mass is 304 g/mol. The van der Waals surface area contributed by atoms with Crippen molar-refractivity contribution in [2.45, 2.75) is 18.1 Å². The molecule has 1 aromatic carbocycles. The summed E-state index contributed by atoms with van der Waals surface area (Å²) in [6.07, 6.45) is -0.442. The van der Waals surface area contributed by atoms with Crippen molar-refractivity contribution in [2.75, 3.05) is 33.7 Å². The highest BCUT2D eigenvalue weighted by Crippen LogP contribution is 2.29. The van der Waals surface area contributed by atoms with E-state index >= 15 is 0 Å². The van der Waals surface area contributed by atoms with Gasteiger partial charge in [0, 0.05) is 13.2 Å². The maximum Gasteiger partial charge on any atom is 0.184 e. The Labute approximate surface area is 119 Å². The van der Waals surface area contributed by atoms with Crippen molar-refractivity contribution in [1.29, 1.82) is 0 Å². The lowest BCUT2D eigenvalue weighted by molar-refractivity contribution is -0.106. The summed E-state index contributed by atoms with van der Waals surface area (Å²) in [7, 11) is 0.916. The topological polar surface area (TPSA) is 71.1 Å². The first-order chi connectivity index (χ1) is 9.44. The molecule has 1 atom stereocenters. The van der Waals surface area contributed by atoms with E-state index in [4.69, 9.17) is 18.9 Å². The Hall–Kier alpha value is -1.31. The van der Waals surface area contributed by atoms with Gasteiger partial charge in [0.1, 0.15) is 16.4 Å². The van der Waals surface area contributed by atoms with E-state index in [1.54, 1.807) is 13.0 Å². The summed E-state index contributed by atoms with van der Waals surface area (Å²) >= 11 is 0. The molecule has 0 saturated carbocycles. The van der Waals surface area contributed by atoms with Gasteiger partial charge in [-0.25, -0.2) is 8.42 Å². The molecule has 0 aromatic heterocycles. The van der Waals surface area contributed by atoms with E-state index in [2.05, 4.69) is 0 Å². The average Bonchev–Trinajstić information content (AvgIpc) is 2.45. The van der Waals surface area contributed by atoms with E-state index < -0.39 is 16.1 Å². The summed E-state index contributed by atoms with van der Waals surface area (Å²) in [6.45, 7) is 1.74. The average molecular weight is 304 g/mol. The lowest BCUT2D eigenvalue weighted by Crippen LogP contribution is -2.18. The van der Waals surface area contributed by atoms with Gasteiger partial charge in [0.25, 0.3) is 0 Å². The quantitative estimate of drug-likeness (QED) is 0.678. The SMILES string of the molecule is COc1ccc(S(=O)(=O)CCOC(C)OC)c(OC)c1. The molecule has 0 saturated heterocycles. The fourth-order valence-corrected chi connectivity index (χ4v) is 2.79. The number of hydrogen-bond donors (Lipinski definition) is 0. The van der Waals surface area contributed by atoms with Crippen LogP contribution in [-0.4, -0.2) is 48.4 Å². The van der Waals surface area contributed by atoms with Crippen LogP contribution in [0.1, 0.15) is 6.92 Å². The minimum absolute atomic E-state index is 0.0481. The third-order valence-corrected chi connectivity index (χ3v) is 4.45. The first kappa shape index (κ1) is 16.7.